The summed E-state index contributed by atoms with van der Waals surface area (Å²) in [6, 6.07) is 9.05. The summed E-state index contributed by atoms with van der Waals surface area (Å²) in [6.45, 7) is 10.9. The van der Waals surface area contributed by atoms with Gasteiger partial charge in [-0.05, 0) is 70.7 Å². The highest BCUT2D eigenvalue weighted by molar-refractivity contribution is 5.68. The Labute approximate surface area is 152 Å². The molecule has 4 heteroatoms. The van der Waals surface area contributed by atoms with Crippen molar-refractivity contribution in [3.05, 3.63) is 35.4 Å². The van der Waals surface area contributed by atoms with Crippen molar-refractivity contribution in [2.75, 3.05) is 26.2 Å². The molecule has 1 aromatic carbocycles. The van der Waals surface area contributed by atoms with Gasteiger partial charge in [0.05, 0.1) is 0 Å². The van der Waals surface area contributed by atoms with Crippen LogP contribution in [0.3, 0.4) is 0 Å². The fourth-order valence-corrected chi connectivity index (χ4v) is 3.84. The van der Waals surface area contributed by atoms with E-state index in [0.717, 1.165) is 32.5 Å². The van der Waals surface area contributed by atoms with Gasteiger partial charge in [-0.3, -0.25) is 4.90 Å². The van der Waals surface area contributed by atoms with Crippen molar-refractivity contribution in [2.24, 2.45) is 0 Å². The van der Waals surface area contributed by atoms with E-state index in [1.165, 1.54) is 37.1 Å². The Morgan fingerprint density at radius 3 is 2.40 bits per heavy atom. The summed E-state index contributed by atoms with van der Waals surface area (Å²) in [5.41, 5.74) is 2.31. The molecule has 25 heavy (non-hydrogen) atoms. The fraction of sp³-hybridized carbons (Fsp3) is 0.667. The van der Waals surface area contributed by atoms with Crippen LogP contribution in [-0.4, -0.2) is 47.7 Å². The van der Waals surface area contributed by atoms with Crippen LogP contribution in [0.15, 0.2) is 24.3 Å². The number of rotatable bonds is 3. The Hall–Kier alpha value is -1.55. The summed E-state index contributed by atoms with van der Waals surface area (Å²) < 4.78 is 5.54. The molecular formula is C21H32N2O2. The van der Waals surface area contributed by atoms with Gasteiger partial charge in [-0.1, -0.05) is 24.3 Å². The number of carbonyl (C=O) groups is 1. The molecule has 1 atom stereocenters. The van der Waals surface area contributed by atoms with E-state index in [2.05, 4.69) is 29.2 Å². The van der Waals surface area contributed by atoms with Crippen LogP contribution in [0, 0.1) is 0 Å². The molecule has 0 saturated carbocycles. The number of amides is 1. The number of hydrogen-bond donors (Lipinski definition) is 0. The highest BCUT2D eigenvalue weighted by Gasteiger charge is 2.28. The molecule has 0 N–H and O–H groups in total. The molecule has 4 nitrogen and oxygen atoms in total. The van der Waals surface area contributed by atoms with Crippen molar-refractivity contribution in [3.63, 3.8) is 0 Å². The fourth-order valence-electron chi connectivity index (χ4n) is 3.84. The first kappa shape index (κ1) is 18.2. The van der Waals surface area contributed by atoms with Gasteiger partial charge < -0.3 is 9.64 Å². The summed E-state index contributed by atoms with van der Waals surface area (Å²) in [5.74, 6) is 0.419. The van der Waals surface area contributed by atoms with Crippen LogP contribution in [0.5, 0.6) is 0 Å². The number of ether oxygens (including phenoxy) is 1. The normalized spacial score (nSPS) is 22.2. The molecule has 1 amide bonds. The lowest BCUT2D eigenvalue weighted by Crippen LogP contribution is -2.42. The van der Waals surface area contributed by atoms with E-state index in [9.17, 15) is 4.79 Å². The second-order valence-corrected chi connectivity index (χ2v) is 8.49. The molecule has 0 bridgehead atoms. The molecular weight excluding hydrogens is 312 g/mol. The van der Waals surface area contributed by atoms with Gasteiger partial charge in [0.1, 0.15) is 5.60 Å². The Morgan fingerprint density at radius 1 is 1.08 bits per heavy atom. The zero-order valence-corrected chi connectivity index (χ0v) is 16.0. The maximum atomic E-state index is 12.3. The third-order valence-electron chi connectivity index (χ3n) is 5.13. The van der Waals surface area contributed by atoms with Crippen LogP contribution in [-0.2, 0) is 11.3 Å². The van der Waals surface area contributed by atoms with Gasteiger partial charge in [0.15, 0.2) is 0 Å². The quantitative estimate of drug-likeness (QED) is 0.815. The van der Waals surface area contributed by atoms with Crippen LogP contribution in [0.2, 0.25) is 0 Å². The molecule has 0 aliphatic carbocycles. The van der Waals surface area contributed by atoms with Gasteiger partial charge in [-0.15, -0.1) is 0 Å². The zero-order chi connectivity index (χ0) is 17.9. The number of nitrogens with zero attached hydrogens (tertiary/aromatic N) is 2. The largest absolute Gasteiger partial charge is 0.444 e. The summed E-state index contributed by atoms with van der Waals surface area (Å²) in [4.78, 5) is 16.7. The Morgan fingerprint density at radius 2 is 1.76 bits per heavy atom. The van der Waals surface area contributed by atoms with Gasteiger partial charge in [-0.25, -0.2) is 4.79 Å². The van der Waals surface area contributed by atoms with Crippen molar-refractivity contribution in [3.8, 4) is 0 Å². The second-order valence-electron chi connectivity index (χ2n) is 8.49. The van der Waals surface area contributed by atoms with Crippen LogP contribution in [0.1, 0.15) is 63.5 Å². The van der Waals surface area contributed by atoms with E-state index in [1.807, 2.05) is 25.7 Å². The Kier molecular flexibility index (Phi) is 5.67. The van der Waals surface area contributed by atoms with E-state index in [0.29, 0.717) is 5.92 Å². The van der Waals surface area contributed by atoms with Crippen molar-refractivity contribution in [2.45, 2.75) is 64.5 Å². The van der Waals surface area contributed by atoms with Crippen molar-refractivity contribution in [1.82, 2.24) is 9.80 Å². The topological polar surface area (TPSA) is 32.8 Å². The average molecular weight is 344 g/mol. The van der Waals surface area contributed by atoms with Gasteiger partial charge in [0, 0.05) is 25.6 Å². The van der Waals surface area contributed by atoms with E-state index in [4.69, 9.17) is 4.74 Å². The lowest BCUT2D eigenvalue weighted by atomic mass is 9.90. The van der Waals surface area contributed by atoms with E-state index >= 15 is 0 Å². The molecule has 2 saturated heterocycles. The van der Waals surface area contributed by atoms with E-state index < -0.39 is 5.60 Å². The van der Waals surface area contributed by atoms with Crippen molar-refractivity contribution in [1.29, 1.82) is 0 Å². The van der Waals surface area contributed by atoms with Crippen molar-refractivity contribution >= 4 is 6.09 Å². The number of benzene rings is 1. The molecule has 0 aromatic heterocycles. The summed E-state index contributed by atoms with van der Waals surface area (Å²) >= 11 is 0. The monoisotopic (exact) mass is 344 g/mol. The summed E-state index contributed by atoms with van der Waals surface area (Å²) in [7, 11) is 0. The SMILES string of the molecule is CC(C)(C)OC(=O)N1CCCC(c2ccc(CN3CCCC3)cc2)C1. The maximum Gasteiger partial charge on any atom is 0.410 e. The first-order valence-electron chi connectivity index (χ1n) is 9.70. The Balaban J connectivity index is 1.58. The zero-order valence-electron chi connectivity index (χ0n) is 16.0. The number of likely N-dealkylation sites (tertiary alicyclic amines) is 2. The lowest BCUT2D eigenvalue weighted by molar-refractivity contribution is 0.0198. The molecule has 0 spiro atoms. The van der Waals surface area contributed by atoms with Crippen molar-refractivity contribution < 1.29 is 9.53 Å². The third kappa shape index (κ3) is 5.21. The standard InChI is InChI=1S/C21H32N2O2/c1-21(2,3)25-20(24)23-14-6-7-19(16-23)18-10-8-17(9-11-18)15-22-12-4-5-13-22/h8-11,19H,4-7,12-16H2,1-3H3. The van der Waals surface area contributed by atoms with E-state index in [1.54, 1.807) is 0 Å². The van der Waals surface area contributed by atoms with Crippen LogP contribution < -0.4 is 0 Å². The van der Waals surface area contributed by atoms with Gasteiger partial charge in [-0.2, -0.15) is 0 Å². The average Bonchev–Trinajstić information content (AvgIpc) is 3.07. The highest BCUT2D eigenvalue weighted by Crippen LogP contribution is 2.28. The lowest BCUT2D eigenvalue weighted by Gasteiger charge is -2.34. The van der Waals surface area contributed by atoms with Crippen LogP contribution in [0.4, 0.5) is 4.79 Å². The molecule has 2 fully saturated rings. The molecule has 2 aliphatic rings. The molecule has 2 aliphatic heterocycles. The first-order valence-corrected chi connectivity index (χ1v) is 9.70. The third-order valence-corrected chi connectivity index (χ3v) is 5.13. The minimum Gasteiger partial charge on any atom is -0.444 e. The second kappa shape index (κ2) is 7.77. The molecule has 3 rings (SSSR count). The molecule has 0 radical (unpaired) electrons. The molecule has 1 aromatic rings. The number of hydrogen-bond acceptors (Lipinski definition) is 3. The van der Waals surface area contributed by atoms with E-state index in [-0.39, 0.29) is 6.09 Å². The predicted octanol–water partition coefficient (Wildman–Crippen LogP) is 4.40. The molecule has 2 heterocycles. The van der Waals surface area contributed by atoms with Gasteiger partial charge in [0.25, 0.3) is 0 Å². The molecule has 138 valence electrons. The number of carbonyl (C=O) groups excluding carboxylic acids is 1. The summed E-state index contributed by atoms with van der Waals surface area (Å²) in [5, 5.41) is 0. The highest BCUT2D eigenvalue weighted by atomic mass is 16.6. The summed E-state index contributed by atoms with van der Waals surface area (Å²) in [6.07, 6.45) is 4.67. The number of piperidine rings is 1. The van der Waals surface area contributed by atoms with Gasteiger partial charge in [0.2, 0.25) is 0 Å². The maximum absolute atomic E-state index is 12.3. The molecule has 1 unspecified atom stereocenters. The minimum atomic E-state index is -0.429. The minimum absolute atomic E-state index is 0.178. The smallest absolute Gasteiger partial charge is 0.410 e. The van der Waals surface area contributed by atoms with Gasteiger partial charge >= 0.3 is 6.09 Å². The Bertz CT molecular complexity index is 571. The predicted molar refractivity (Wildman–Crippen MR) is 101 cm³/mol. The van der Waals surface area contributed by atoms with Crippen LogP contribution in [0.25, 0.3) is 0 Å². The first-order chi connectivity index (χ1) is 11.9. The van der Waals surface area contributed by atoms with Crippen LogP contribution >= 0.6 is 0 Å².